The molecule has 3 aromatic heterocycles. The van der Waals surface area contributed by atoms with Gasteiger partial charge in [-0.3, -0.25) is 14.6 Å². The van der Waals surface area contributed by atoms with Crippen LogP contribution in [0.2, 0.25) is 0 Å². The van der Waals surface area contributed by atoms with E-state index in [0.29, 0.717) is 24.2 Å². The van der Waals surface area contributed by atoms with Gasteiger partial charge >= 0.3 is 6.09 Å². The number of rotatable bonds is 13. The maximum atomic E-state index is 14.0. The van der Waals surface area contributed by atoms with Gasteiger partial charge in [0.15, 0.2) is 0 Å². The third kappa shape index (κ3) is 8.12. The summed E-state index contributed by atoms with van der Waals surface area (Å²) in [6.07, 6.45) is 11.0. The van der Waals surface area contributed by atoms with Crippen LogP contribution in [-0.4, -0.2) is 80.6 Å². The van der Waals surface area contributed by atoms with Crippen molar-refractivity contribution in [3.8, 4) is 33.6 Å². The second-order valence-corrected chi connectivity index (χ2v) is 16.7. The smallest absolute Gasteiger partial charge is 0.407 e. The standard InChI is InChI=1S/C46H54N8O5/c1-26(2)40(34-8-6-20-47-23-34)52-44(55)39-33-19-18-32(22-33)38(39)43-49-25-36(51-43)31-16-12-29(13-17-31)28-10-14-30(15-11-28)35-24-48-42(50-35)37-9-7-21-54(37)45(56)41(27(3)58-4)53-46(57)59-5/h6,8,10-17,20,23-27,32-33,37-41H,7,9,18-19,21-22H2,1-5H3,(H,48,50)(H,49,51)(H,52,55)(H,53,57)/t27-,32?,33?,37+,38+,39+,40+,41+/m1/s1. The molecule has 0 spiro atoms. The number of nitrogens with one attached hydrogen (secondary N) is 4. The molecule has 8 rings (SSSR count). The van der Waals surface area contributed by atoms with Crippen LogP contribution in [0.25, 0.3) is 33.6 Å². The number of aromatic nitrogens is 5. The van der Waals surface area contributed by atoms with Gasteiger partial charge in [-0.25, -0.2) is 14.8 Å². The van der Waals surface area contributed by atoms with Crippen LogP contribution >= 0.6 is 0 Å². The van der Waals surface area contributed by atoms with Crippen molar-refractivity contribution in [1.82, 2.24) is 40.5 Å². The van der Waals surface area contributed by atoms with Gasteiger partial charge in [0.1, 0.15) is 17.7 Å². The molecule has 1 aliphatic heterocycles. The number of H-pyrrole nitrogens is 2. The Balaban J connectivity index is 0.928. The summed E-state index contributed by atoms with van der Waals surface area (Å²) in [5, 5.41) is 6.04. The van der Waals surface area contributed by atoms with E-state index in [1.807, 2.05) is 24.5 Å². The van der Waals surface area contributed by atoms with Crippen molar-refractivity contribution >= 4 is 17.9 Å². The molecule has 2 saturated carbocycles. The van der Waals surface area contributed by atoms with Gasteiger partial charge in [-0.15, -0.1) is 0 Å². The van der Waals surface area contributed by atoms with Crippen LogP contribution in [0.3, 0.4) is 0 Å². The van der Waals surface area contributed by atoms with E-state index < -0.39 is 18.2 Å². The number of nitrogens with zero attached hydrogens (tertiary/aromatic N) is 4. The van der Waals surface area contributed by atoms with Crippen molar-refractivity contribution in [3.05, 3.63) is 103 Å². The first kappa shape index (κ1) is 40.0. The Morgan fingerprint density at radius 1 is 0.780 bits per heavy atom. The minimum absolute atomic E-state index is 0.0694. The highest BCUT2D eigenvalue weighted by Gasteiger charge is 2.52. The summed E-state index contributed by atoms with van der Waals surface area (Å²) in [5.41, 5.74) is 7.02. The van der Waals surface area contributed by atoms with Crippen LogP contribution in [0.4, 0.5) is 4.79 Å². The highest BCUT2D eigenvalue weighted by Crippen LogP contribution is 2.56. The molecule has 2 aliphatic carbocycles. The summed E-state index contributed by atoms with van der Waals surface area (Å²) in [4.78, 5) is 62.4. The second kappa shape index (κ2) is 17.2. The third-order valence-electron chi connectivity index (χ3n) is 12.9. The number of hydrogen-bond acceptors (Lipinski definition) is 8. The molecule has 3 aliphatic rings. The number of pyridine rings is 1. The second-order valence-electron chi connectivity index (χ2n) is 16.7. The summed E-state index contributed by atoms with van der Waals surface area (Å²) >= 11 is 0. The molecule has 3 fully saturated rings. The normalized spacial score (nSPS) is 22.6. The number of likely N-dealkylation sites (tertiary alicyclic amines) is 1. The van der Waals surface area contributed by atoms with Gasteiger partial charge in [-0.05, 0) is 90.7 Å². The fourth-order valence-corrected chi connectivity index (χ4v) is 9.69. The van der Waals surface area contributed by atoms with Crippen molar-refractivity contribution in [2.75, 3.05) is 20.8 Å². The Morgan fingerprint density at radius 2 is 1.41 bits per heavy atom. The SMILES string of the molecule is COC(=O)N[C@H](C(=O)N1CCC[C@H]1c1ncc(-c2ccc(-c3ccc(-c4cnc([C@H]5C6CCC(C6)[C@@H]5C(=O)N[C@H](c5cccnc5)C(C)C)[nH]4)cc3)cc2)[nH]1)[C@@H](C)OC. The maximum Gasteiger partial charge on any atom is 0.407 e. The lowest BCUT2D eigenvalue weighted by molar-refractivity contribution is -0.137. The van der Waals surface area contributed by atoms with E-state index >= 15 is 0 Å². The molecule has 13 heteroatoms. The van der Waals surface area contributed by atoms with Crippen LogP contribution < -0.4 is 10.6 Å². The summed E-state index contributed by atoms with van der Waals surface area (Å²) in [5.74, 6) is 2.51. The molecular weight excluding hydrogens is 745 g/mol. The minimum atomic E-state index is -0.887. The van der Waals surface area contributed by atoms with E-state index in [1.165, 1.54) is 14.2 Å². The molecule has 13 nitrogen and oxygen atoms in total. The van der Waals surface area contributed by atoms with Crippen molar-refractivity contribution in [2.45, 2.75) is 83.0 Å². The van der Waals surface area contributed by atoms with Crippen molar-refractivity contribution < 1.29 is 23.9 Å². The minimum Gasteiger partial charge on any atom is -0.453 e. The first-order valence-corrected chi connectivity index (χ1v) is 20.8. The quantitative estimate of drug-likeness (QED) is 0.0946. The first-order chi connectivity index (χ1) is 28.6. The predicted octanol–water partition coefficient (Wildman–Crippen LogP) is 7.60. The van der Waals surface area contributed by atoms with Crippen LogP contribution in [0.5, 0.6) is 0 Å². The molecule has 4 heterocycles. The number of benzene rings is 2. The van der Waals surface area contributed by atoms with Gasteiger partial charge in [0.05, 0.1) is 55.0 Å². The Morgan fingerprint density at radius 3 is 2.02 bits per heavy atom. The van der Waals surface area contributed by atoms with Crippen molar-refractivity contribution in [3.63, 3.8) is 0 Å². The number of carbonyl (C=O) groups excluding carboxylic acids is 3. The summed E-state index contributed by atoms with van der Waals surface area (Å²) in [6, 6.07) is 19.5. The monoisotopic (exact) mass is 798 g/mol. The Labute approximate surface area is 345 Å². The van der Waals surface area contributed by atoms with Crippen LogP contribution in [0, 0.1) is 23.7 Å². The number of aromatic amines is 2. The third-order valence-corrected chi connectivity index (χ3v) is 12.9. The molecule has 0 radical (unpaired) electrons. The highest BCUT2D eigenvalue weighted by molar-refractivity contribution is 5.87. The number of methoxy groups -OCH3 is 2. The number of carbonyl (C=O) groups is 3. The number of hydrogen-bond donors (Lipinski definition) is 4. The van der Waals surface area contributed by atoms with Gasteiger partial charge in [0.2, 0.25) is 11.8 Å². The van der Waals surface area contributed by atoms with Gasteiger partial charge in [0, 0.05) is 32.0 Å². The average Bonchev–Trinajstić information content (AvgIpc) is 4.13. The van der Waals surface area contributed by atoms with E-state index in [9.17, 15) is 14.4 Å². The van der Waals surface area contributed by atoms with Crippen molar-refractivity contribution in [2.24, 2.45) is 23.7 Å². The summed E-state index contributed by atoms with van der Waals surface area (Å²) < 4.78 is 10.2. The van der Waals surface area contributed by atoms with Crippen LogP contribution in [0.1, 0.15) is 88.1 Å². The predicted molar refractivity (Wildman–Crippen MR) is 224 cm³/mol. The lowest BCUT2D eigenvalue weighted by atomic mass is 9.78. The molecule has 59 heavy (non-hydrogen) atoms. The molecule has 2 aromatic carbocycles. The number of fused-ring (bicyclic) bond motifs is 2. The van der Waals surface area contributed by atoms with Crippen molar-refractivity contribution in [1.29, 1.82) is 0 Å². The molecule has 2 unspecified atom stereocenters. The lowest BCUT2D eigenvalue weighted by Gasteiger charge is -2.31. The first-order valence-electron chi connectivity index (χ1n) is 20.8. The fourth-order valence-electron chi connectivity index (χ4n) is 9.69. The Kier molecular flexibility index (Phi) is 11.6. The lowest BCUT2D eigenvalue weighted by Crippen LogP contribution is -2.54. The molecule has 2 bridgehead atoms. The molecule has 5 aromatic rings. The van der Waals surface area contributed by atoms with Gasteiger partial charge < -0.3 is 35.0 Å². The topological polar surface area (TPSA) is 167 Å². The van der Waals surface area contributed by atoms with E-state index in [1.54, 1.807) is 24.2 Å². The van der Waals surface area contributed by atoms with E-state index in [2.05, 4.69) is 92.9 Å². The highest BCUT2D eigenvalue weighted by atomic mass is 16.5. The van der Waals surface area contributed by atoms with Crippen LogP contribution in [-0.2, 0) is 19.1 Å². The van der Waals surface area contributed by atoms with E-state index in [-0.39, 0.29) is 41.7 Å². The van der Waals surface area contributed by atoms with Gasteiger partial charge in [-0.1, -0.05) is 68.4 Å². The van der Waals surface area contributed by atoms with E-state index in [4.69, 9.17) is 14.5 Å². The molecule has 4 N–H and O–H groups in total. The van der Waals surface area contributed by atoms with E-state index in [0.717, 1.165) is 77.1 Å². The molecule has 308 valence electrons. The number of amides is 3. The molecule has 8 atom stereocenters. The number of imidazole rings is 2. The van der Waals surface area contributed by atoms with Gasteiger partial charge in [-0.2, -0.15) is 0 Å². The molecular formula is C46H54N8O5. The maximum absolute atomic E-state index is 14.0. The molecule has 1 saturated heterocycles. The number of alkyl carbamates (subject to hydrolysis) is 1. The Bertz CT molecular complexity index is 2240. The Hall–Kier alpha value is -5.82. The van der Waals surface area contributed by atoms with Gasteiger partial charge in [0.25, 0.3) is 0 Å². The van der Waals surface area contributed by atoms with Crippen LogP contribution in [0.15, 0.2) is 85.5 Å². The zero-order valence-electron chi connectivity index (χ0n) is 34.4. The number of ether oxygens (including phenoxy) is 2. The summed E-state index contributed by atoms with van der Waals surface area (Å²) in [7, 11) is 2.77. The zero-order chi connectivity index (χ0) is 41.2. The molecule has 3 amide bonds. The summed E-state index contributed by atoms with van der Waals surface area (Å²) in [6.45, 7) is 6.57. The zero-order valence-corrected chi connectivity index (χ0v) is 34.4. The average molecular weight is 799 g/mol. The largest absolute Gasteiger partial charge is 0.453 e. The fraction of sp³-hybridized carbons (Fsp3) is 0.435.